The quantitative estimate of drug-likeness (QED) is 0.172. The molecule has 246 valence electrons. The van der Waals surface area contributed by atoms with E-state index in [1.807, 2.05) is 11.3 Å². The van der Waals surface area contributed by atoms with E-state index >= 15 is 0 Å². The van der Waals surface area contributed by atoms with E-state index in [2.05, 4.69) is 170 Å². The number of aromatic nitrogens is 2. The summed E-state index contributed by atoms with van der Waals surface area (Å²) in [4.78, 5) is 9.55. The van der Waals surface area contributed by atoms with Gasteiger partial charge in [-0.05, 0) is 84.8 Å². The van der Waals surface area contributed by atoms with Crippen LogP contribution in [-0.2, 0) is 0 Å². The molecule has 0 fully saturated rings. The average molecular weight is 691 g/mol. The number of thiophene rings is 1. The van der Waals surface area contributed by atoms with E-state index in [-0.39, 0.29) is 0 Å². The molecule has 0 radical (unpaired) electrons. The molecule has 11 rings (SSSR count). The minimum atomic E-state index is 0.936. The highest BCUT2D eigenvalue weighted by Crippen LogP contribution is 2.44. The normalized spacial score (nSPS) is 11.8. The van der Waals surface area contributed by atoms with E-state index in [1.54, 1.807) is 12.4 Å². The van der Waals surface area contributed by atoms with Crippen molar-refractivity contribution in [2.75, 3.05) is 0 Å². The molecule has 0 N–H and O–H groups in total. The van der Waals surface area contributed by atoms with Crippen LogP contribution in [0, 0.1) is 0 Å². The van der Waals surface area contributed by atoms with Crippen molar-refractivity contribution in [3.05, 3.63) is 182 Å². The minimum absolute atomic E-state index is 0.936. The van der Waals surface area contributed by atoms with Crippen molar-refractivity contribution in [1.29, 1.82) is 0 Å². The summed E-state index contributed by atoms with van der Waals surface area (Å²) in [7, 11) is 0. The summed E-state index contributed by atoms with van der Waals surface area (Å²) in [5, 5.41) is 9.82. The van der Waals surface area contributed by atoms with Crippen LogP contribution in [0.15, 0.2) is 182 Å². The zero-order valence-electron chi connectivity index (χ0n) is 28.6. The van der Waals surface area contributed by atoms with E-state index in [0.29, 0.717) is 0 Å². The van der Waals surface area contributed by atoms with Gasteiger partial charge in [-0.1, -0.05) is 146 Å². The highest BCUT2D eigenvalue weighted by atomic mass is 32.1. The van der Waals surface area contributed by atoms with E-state index < -0.39 is 0 Å². The van der Waals surface area contributed by atoms with Crippen molar-refractivity contribution >= 4 is 74.9 Å². The Balaban J connectivity index is 1.01. The first-order valence-corrected chi connectivity index (χ1v) is 18.8. The Morgan fingerprint density at radius 3 is 1.60 bits per heavy atom. The van der Waals surface area contributed by atoms with Gasteiger partial charge in [0, 0.05) is 48.9 Å². The average Bonchev–Trinajstić information content (AvgIpc) is 3.62. The lowest BCUT2D eigenvalue weighted by atomic mass is 9.90. The van der Waals surface area contributed by atoms with Crippen LogP contribution in [0.25, 0.3) is 108 Å². The molecule has 0 unspecified atom stereocenters. The lowest BCUT2D eigenvalue weighted by Crippen LogP contribution is -1.89. The molecule has 2 nitrogen and oxygen atoms in total. The molecule has 0 aliphatic rings. The Morgan fingerprint density at radius 1 is 0.302 bits per heavy atom. The third kappa shape index (κ3) is 4.78. The minimum Gasteiger partial charge on any atom is -0.252 e. The lowest BCUT2D eigenvalue weighted by molar-refractivity contribution is 1.31. The van der Waals surface area contributed by atoms with Gasteiger partial charge in [0.1, 0.15) is 0 Å². The van der Waals surface area contributed by atoms with Crippen molar-refractivity contribution in [1.82, 2.24) is 9.97 Å². The Hall–Kier alpha value is -6.68. The van der Waals surface area contributed by atoms with E-state index in [4.69, 9.17) is 9.97 Å². The molecular weight excluding hydrogens is 661 g/mol. The highest BCUT2D eigenvalue weighted by molar-refractivity contribution is 7.26. The molecule has 2 heterocycles. The number of rotatable bonds is 4. The first-order chi connectivity index (χ1) is 26.3. The third-order valence-electron chi connectivity index (χ3n) is 10.8. The maximum atomic E-state index is 4.80. The molecule has 11 aromatic rings. The number of fused-ring (bicyclic) bond motifs is 10. The SMILES string of the molecule is c1cc(-c2cccc(-c3ccc(-c4cccc5c4sc4ccccc45)c4ccccc34)c2)cc(-c2ccc3c4ccccc4c4nccnc4c3c2)c1. The van der Waals surface area contributed by atoms with Crippen molar-refractivity contribution < 1.29 is 0 Å². The van der Waals surface area contributed by atoms with E-state index in [1.165, 1.54) is 80.7 Å². The van der Waals surface area contributed by atoms with Crippen molar-refractivity contribution in [3.63, 3.8) is 0 Å². The number of nitrogens with zero attached hydrogens (tertiary/aromatic N) is 2. The summed E-state index contributed by atoms with van der Waals surface area (Å²) >= 11 is 1.89. The fraction of sp³-hybridized carbons (Fsp3) is 0. The maximum Gasteiger partial charge on any atom is 0.0971 e. The van der Waals surface area contributed by atoms with Gasteiger partial charge in [0.25, 0.3) is 0 Å². The zero-order chi connectivity index (χ0) is 34.9. The number of hydrogen-bond donors (Lipinski definition) is 0. The molecule has 3 heteroatoms. The van der Waals surface area contributed by atoms with Crippen LogP contribution >= 0.6 is 11.3 Å². The molecule has 0 amide bonds. The van der Waals surface area contributed by atoms with Crippen LogP contribution in [0.2, 0.25) is 0 Å². The second-order valence-corrected chi connectivity index (χ2v) is 14.8. The van der Waals surface area contributed by atoms with Crippen molar-refractivity contribution in [2.24, 2.45) is 0 Å². The molecule has 53 heavy (non-hydrogen) atoms. The van der Waals surface area contributed by atoms with Crippen LogP contribution in [-0.4, -0.2) is 9.97 Å². The Labute approximate surface area is 310 Å². The lowest BCUT2D eigenvalue weighted by Gasteiger charge is -2.14. The van der Waals surface area contributed by atoms with Gasteiger partial charge in [0.15, 0.2) is 0 Å². The van der Waals surface area contributed by atoms with Crippen molar-refractivity contribution in [2.45, 2.75) is 0 Å². The summed E-state index contributed by atoms with van der Waals surface area (Å²) < 4.78 is 2.67. The van der Waals surface area contributed by atoms with Gasteiger partial charge in [-0.15, -0.1) is 11.3 Å². The predicted octanol–water partition coefficient (Wildman–Crippen LogP) is 14.1. The molecule has 2 aromatic heterocycles. The smallest absolute Gasteiger partial charge is 0.0971 e. The highest BCUT2D eigenvalue weighted by Gasteiger charge is 2.16. The van der Waals surface area contributed by atoms with Gasteiger partial charge < -0.3 is 0 Å². The van der Waals surface area contributed by atoms with Crippen LogP contribution in [0.5, 0.6) is 0 Å². The van der Waals surface area contributed by atoms with Gasteiger partial charge in [0.05, 0.1) is 11.0 Å². The summed E-state index contributed by atoms with van der Waals surface area (Å²) in [5.41, 5.74) is 11.6. The second-order valence-electron chi connectivity index (χ2n) is 13.7. The number of hydrogen-bond acceptors (Lipinski definition) is 3. The fourth-order valence-electron chi connectivity index (χ4n) is 8.30. The van der Waals surface area contributed by atoms with E-state index in [9.17, 15) is 0 Å². The first-order valence-electron chi connectivity index (χ1n) is 18.0. The molecule has 0 saturated heterocycles. The molecule has 0 atom stereocenters. The van der Waals surface area contributed by atoms with Gasteiger partial charge >= 0.3 is 0 Å². The topological polar surface area (TPSA) is 25.8 Å². The Bertz CT molecular complexity index is 3210. The van der Waals surface area contributed by atoms with Gasteiger partial charge in [-0.2, -0.15) is 0 Å². The summed E-state index contributed by atoms with van der Waals surface area (Å²) in [6.07, 6.45) is 3.57. The standard InChI is InChI=1S/C50H30N2S/c1-2-15-38-37(14-1)36(24-25-40(38)44-19-9-20-45-42-17-5-6-21-47(42)53-50(44)45)35-13-8-12-33(29-35)31-10-7-11-32(28-31)34-22-23-41-39-16-3-4-18-43(39)48-49(46(41)30-34)52-27-26-51-48/h1-30H. The summed E-state index contributed by atoms with van der Waals surface area (Å²) in [5.74, 6) is 0. The molecule has 9 aromatic carbocycles. The second kappa shape index (κ2) is 11.9. The monoisotopic (exact) mass is 690 g/mol. The molecule has 0 spiro atoms. The molecule has 0 bridgehead atoms. The zero-order valence-corrected chi connectivity index (χ0v) is 29.4. The van der Waals surface area contributed by atoms with Gasteiger partial charge in [-0.25, -0.2) is 0 Å². The largest absolute Gasteiger partial charge is 0.252 e. The molecule has 0 aliphatic carbocycles. The maximum absolute atomic E-state index is 4.80. The van der Waals surface area contributed by atoms with Crippen LogP contribution in [0.1, 0.15) is 0 Å². The third-order valence-corrected chi connectivity index (χ3v) is 12.0. The summed E-state index contributed by atoms with van der Waals surface area (Å²) in [6, 6.07) is 62.1. The van der Waals surface area contributed by atoms with Gasteiger partial charge in [-0.3, -0.25) is 9.97 Å². The Kier molecular flexibility index (Phi) is 6.76. The predicted molar refractivity (Wildman–Crippen MR) is 227 cm³/mol. The summed E-state index contributed by atoms with van der Waals surface area (Å²) in [6.45, 7) is 0. The molecular formula is C50H30N2S. The fourth-order valence-corrected chi connectivity index (χ4v) is 9.53. The molecule has 0 saturated carbocycles. The Morgan fingerprint density at radius 2 is 0.830 bits per heavy atom. The first kappa shape index (κ1) is 30.0. The van der Waals surface area contributed by atoms with Crippen molar-refractivity contribution in [3.8, 4) is 44.5 Å². The van der Waals surface area contributed by atoms with Crippen LogP contribution in [0.4, 0.5) is 0 Å². The van der Waals surface area contributed by atoms with Gasteiger partial charge in [0.2, 0.25) is 0 Å². The van der Waals surface area contributed by atoms with Crippen LogP contribution in [0.3, 0.4) is 0 Å². The van der Waals surface area contributed by atoms with E-state index in [0.717, 1.165) is 27.4 Å². The number of benzene rings is 9. The molecule has 0 aliphatic heterocycles. The van der Waals surface area contributed by atoms with Crippen LogP contribution < -0.4 is 0 Å².